The van der Waals surface area contributed by atoms with E-state index in [2.05, 4.69) is 10.4 Å². The molecular weight excluding hydrogens is 399 g/mol. The van der Waals surface area contributed by atoms with E-state index in [1.54, 1.807) is 21.0 Å². The van der Waals surface area contributed by atoms with Gasteiger partial charge in [0.2, 0.25) is 5.91 Å². The third kappa shape index (κ3) is 4.83. The SMILES string of the molecule is COC1CCC(NC(=O)Cn2nc(C(C)C)c3cc(C(F)(F)F)ccc3c2=O)CC1. The standard InChI is InChI=1S/C21H26F3N3O3/c1-12(2)19-17-10-13(21(22,23)24)4-9-16(17)20(29)27(26-19)11-18(28)25-14-5-7-15(30-3)8-6-14/h4,9-10,12,14-15H,5-8,11H2,1-3H3,(H,25,28). The van der Waals surface area contributed by atoms with Crippen LogP contribution >= 0.6 is 0 Å². The summed E-state index contributed by atoms with van der Waals surface area (Å²) in [5.74, 6) is -0.568. The molecule has 164 valence electrons. The topological polar surface area (TPSA) is 73.2 Å². The number of hydrogen-bond acceptors (Lipinski definition) is 4. The third-order valence-corrected chi connectivity index (χ3v) is 5.53. The van der Waals surface area contributed by atoms with Crippen LogP contribution in [0, 0.1) is 0 Å². The molecule has 0 atom stereocenters. The smallest absolute Gasteiger partial charge is 0.381 e. The van der Waals surface area contributed by atoms with E-state index in [1.165, 1.54) is 0 Å². The highest BCUT2D eigenvalue weighted by atomic mass is 19.4. The first kappa shape index (κ1) is 22.3. The number of carbonyl (C=O) groups excluding carboxylic acids is 1. The summed E-state index contributed by atoms with van der Waals surface area (Å²) in [6, 6.07) is 3.01. The summed E-state index contributed by atoms with van der Waals surface area (Å²) < 4.78 is 45.7. The molecule has 2 aromatic rings. The molecule has 0 aliphatic heterocycles. The summed E-state index contributed by atoms with van der Waals surface area (Å²) in [7, 11) is 1.67. The molecule has 1 amide bonds. The molecule has 1 fully saturated rings. The highest BCUT2D eigenvalue weighted by Crippen LogP contribution is 2.32. The number of aromatic nitrogens is 2. The van der Waals surface area contributed by atoms with Gasteiger partial charge in [-0.15, -0.1) is 0 Å². The number of halogens is 3. The fraction of sp³-hybridized carbons (Fsp3) is 0.571. The van der Waals surface area contributed by atoms with Crippen molar-refractivity contribution < 1.29 is 22.7 Å². The Labute approximate surface area is 172 Å². The van der Waals surface area contributed by atoms with Crippen LogP contribution in [0.1, 0.15) is 56.7 Å². The molecule has 0 saturated heterocycles. The van der Waals surface area contributed by atoms with Crippen LogP contribution in [-0.4, -0.2) is 34.9 Å². The van der Waals surface area contributed by atoms with Crippen molar-refractivity contribution in [3.8, 4) is 0 Å². The number of hydrogen-bond donors (Lipinski definition) is 1. The number of carbonyl (C=O) groups is 1. The normalized spacial score (nSPS) is 20.0. The average Bonchev–Trinajstić information content (AvgIpc) is 2.69. The average molecular weight is 425 g/mol. The minimum Gasteiger partial charge on any atom is -0.381 e. The van der Waals surface area contributed by atoms with Gasteiger partial charge in [0.15, 0.2) is 0 Å². The summed E-state index contributed by atoms with van der Waals surface area (Å²) in [6.45, 7) is 3.29. The molecule has 0 radical (unpaired) electrons. The van der Waals surface area contributed by atoms with Gasteiger partial charge in [-0.25, -0.2) is 4.68 Å². The summed E-state index contributed by atoms with van der Waals surface area (Å²) in [5, 5.41) is 7.45. The Morgan fingerprint density at radius 1 is 1.23 bits per heavy atom. The van der Waals surface area contributed by atoms with Gasteiger partial charge in [0.1, 0.15) is 6.54 Å². The van der Waals surface area contributed by atoms with Crippen molar-refractivity contribution in [2.45, 2.75) is 70.3 Å². The minimum atomic E-state index is -4.51. The summed E-state index contributed by atoms with van der Waals surface area (Å²) >= 11 is 0. The Balaban J connectivity index is 1.86. The van der Waals surface area contributed by atoms with Crippen molar-refractivity contribution in [1.82, 2.24) is 15.1 Å². The van der Waals surface area contributed by atoms with Crippen molar-refractivity contribution in [3.05, 3.63) is 39.8 Å². The van der Waals surface area contributed by atoms with E-state index < -0.39 is 17.3 Å². The maximum atomic E-state index is 13.1. The van der Waals surface area contributed by atoms with Crippen molar-refractivity contribution in [2.75, 3.05) is 7.11 Å². The molecule has 1 N–H and O–H groups in total. The number of benzene rings is 1. The van der Waals surface area contributed by atoms with Crippen LogP contribution in [0.15, 0.2) is 23.0 Å². The Morgan fingerprint density at radius 2 is 1.90 bits per heavy atom. The molecule has 6 nitrogen and oxygen atoms in total. The Kier molecular flexibility index (Phi) is 6.50. The quantitative estimate of drug-likeness (QED) is 0.794. The second-order valence-corrected chi connectivity index (χ2v) is 8.04. The van der Waals surface area contributed by atoms with Gasteiger partial charge >= 0.3 is 6.18 Å². The number of rotatable bonds is 5. The van der Waals surface area contributed by atoms with Gasteiger partial charge in [-0.05, 0) is 49.8 Å². The van der Waals surface area contributed by atoms with Crippen LogP contribution in [0.2, 0.25) is 0 Å². The number of nitrogens with zero attached hydrogens (tertiary/aromatic N) is 2. The first-order valence-electron chi connectivity index (χ1n) is 10.0. The lowest BCUT2D eigenvalue weighted by Gasteiger charge is -2.28. The van der Waals surface area contributed by atoms with Crippen LogP contribution in [0.3, 0.4) is 0 Å². The minimum absolute atomic E-state index is 0.0129. The van der Waals surface area contributed by atoms with Crippen molar-refractivity contribution in [3.63, 3.8) is 0 Å². The summed E-state index contributed by atoms with van der Waals surface area (Å²) in [4.78, 5) is 25.3. The number of ether oxygens (including phenoxy) is 1. The molecule has 1 aliphatic carbocycles. The van der Waals surface area contributed by atoms with Crippen molar-refractivity contribution in [2.24, 2.45) is 0 Å². The molecule has 1 heterocycles. The number of amides is 1. The lowest BCUT2D eigenvalue weighted by Crippen LogP contribution is -2.42. The van der Waals surface area contributed by atoms with Crippen LogP contribution in [0.4, 0.5) is 13.2 Å². The maximum absolute atomic E-state index is 13.1. The lowest BCUT2D eigenvalue weighted by atomic mass is 9.93. The molecule has 0 spiro atoms. The van der Waals surface area contributed by atoms with Crippen LogP contribution in [0.5, 0.6) is 0 Å². The Morgan fingerprint density at radius 3 is 2.47 bits per heavy atom. The van der Waals surface area contributed by atoms with E-state index in [9.17, 15) is 22.8 Å². The number of alkyl halides is 3. The fourth-order valence-electron chi connectivity index (χ4n) is 3.87. The second-order valence-electron chi connectivity index (χ2n) is 8.04. The second kappa shape index (κ2) is 8.75. The van der Waals surface area contributed by atoms with Gasteiger partial charge in [-0.1, -0.05) is 13.8 Å². The van der Waals surface area contributed by atoms with E-state index in [0.717, 1.165) is 48.6 Å². The molecule has 30 heavy (non-hydrogen) atoms. The zero-order chi connectivity index (χ0) is 22.1. The summed E-state index contributed by atoms with van der Waals surface area (Å²) in [6.07, 6.45) is -1.01. The molecule has 1 saturated carbocycles. The number of fused-ring (bicyclic) bond motifs is 1. The van der Waals surface area contributed by atoms with E-state index in [0.29, 0.717) is 5.69 Å². The predicted octanol–water partition coefficient (Wildman–Crippen LogP) is 3.61. The molecule has 3 rings (SSSR count). The van der Waals surface area contributed by atoms with E-state index >= 15 is 0 Å². The van der Waals surface area contributed by atoms with Gasteiger partial charge in [0.25, 0.3) is 5.56 Å². The first-order chi connectivity index (χ1) is 14.1. The monoisotopic (exact) mass is 425 g/mol. The number of nitrogens with one attached hydrogen (secondary N) is 1. The molecule has 0 unspecified atom stereocenters. The molecule has 0 bridgehead atoms. The predicted molar refractivity (Wildman–Crippen MR) is 106 cm³/mol. The lowest BCUT2D eigenvalue weighted by molar-refractivity contribution is -0.137. The van der Waals surface area contributed by atoms with Crippen molar-refractivity contribution >= 4 is 16.7 Å². The highest BCUT2D eigenvalue weighted by molar-refractivity contribution is 5.85. The van der Waals surface area contributed by atoms with Crippen LogP contribution in [-0.2, 0) is 22.3 Å². The third-order valence-electron chi connectivity index (χ3n) is 5.53. The maximum Gasteiger partial charge on any atom is 0.416 e. The van der Waals surface area contributed by atoms with Crippen molar-refractivity contribution in [1.29, 1.82) is 0 Å². The zero-order valence-electron chi connectivity index (χ0n) is 17.3. The molecule has 1 aromatic heterocycles. The first-order valence-corrected chi connectivity index (χ1v) is 10.0. The van der Waals surface area contributed by atoms with Gasteiger partial charge in [-0.3, -0.25) is 9.59 Å². The Bertz CT molecular complexity index is 977. The molecule has 1 aliphatic rings. The highest BCUT2D eigenvalue weighted by Gasteiger charge is 2.31. The molecule has 9 heteroatoms. The van der Waals surface area contributed by atoms with Crippen LogP contribution in [0.25, 0.3) is 10.8 Å². The zero-order valence-corrected chi connectivity index (χ0v) is 17.3. The van der Waals surface area contributed by atoms with Crippen LogP contribution < -0.4 is 10.9 Å². The largest absolute Gasteiger partial charge is 0.416 e. The summed E-state index contributed by atoms with van der Waals surface area (Å²) in [5.41, 5.74) is -1.06. The van der Waals surface area contributed by atoms with Gasteiger partial charge < -0.3 is 10.1 Å². The number of methoxy groups -OCH3 is 1. The van der Waals surface area contributed by atoms with E-state index in [-0.39, 0.29) is 41.3 Å². The van der Waals surface area contributed by atoms with E-state index in [4.69, 9.17) is 4.74 Å². The van der Waals surface area contributed by atoms with E-state index in [1.807, 2.05) is 0 Å². The van der Waals surface area contributed by atoms with Gasteiger partial charge in [-0.2, -0.15) is 18.3 Å². The Hall–Kier alpha value is -2.42. The fourth-order valence-corrected chi connectivity index (χ4v) is 3.87. The molecule has 1 aromatic carbocycles. The van der Waals surface area contributed by atoms with Gasteiger partial charge in [0.05, 0.1) is 22.7 Å². The molecular formula is C21H26F3N3O3. The van der Waals surface area contributed by atoms with Gasteiger partial charge in [0, 0.05) is 18.5 Å².